The molecule has 1 saturated carbocycles. The molecule has 2 aromatic carbocycles. The lowest BCUT2D eigenvalue weighted by Crippen LogP contribution is -2.32. The van der Waals surface area contributed by atoms with Crippen molar-refractivity contribution < 1.29 is 19.1 Å². The van der Waals surface area contributed by atoms with Crippen LogP contribution >= 0.6 is 23.2 Å². The molecule has 0 radical (unpaired) electrons. The van der Waals surface area contributed by atoms with Crippen LogP contribution in [0.4, 0.5) is 5.69 Å². The first kappa shape index (κ1) is 19.3. The molecule has 30 heavy (non-hydrogen) atoms. The normalized spacial score (nSPS) is 26.4. The predicted octanol–water partition coefficient (Wildman–Crippen LogP) is 4.66. The molecular weight excluding hydrogens is 425 g/mol. The number of imide groups is 1. The van der Waals surface area contributed by atoms with E-state index in [0.29, 0.717) is 26.9 Å². The zero-order chi connectivity index (χ0) is 21.0. The third-order valence-electron chi connectivity index (χ3n) is 6.24. The van der Waals surface area contributed by atoms with Gasteiger partial charge in [0.2, 0.25) is 11.8 Å². The molecule has 2 aromatic rings. The summed E-state index contributed by atoms with van der Waals surface area (Å²) >= 11 is 12.2. The van der Waals surface area contributed by atoms with Crippen molar-refractivity contribution in [2.24, 2.45) is 23.7 Å². The summed E-state index contributed by atoms with van der Waals surface area (Å²) < 4.78 is 5.32. The fourth-order valence-electron chi connectivity index (χ4n) is 4.79. The summed E-state index contributed by atoms with van der Waals surface area (Å²) in [5, 5.41) is 0.844. The highest BCUT2D eigenvalue weighted by Gasteiger charge is 2.59. The number of allylic oxidation sites excluding steroid dienone is 2. The topological polar surface area (TPSA) is 63.7 Å². The summed E-state index contributed by atoms with van der Waals surface area (Å²) in [6, 6.07) is 11.4. The molecule has 2 aliphatic carbocycles. The Labute approximate surface area is 183 Å². The minimum atomic E-state index is -0.546. The summed E-state index contributed by atoms with van der Waals surface area (Å²) in [7, 11) is 0. The molecule has 0 spiro atoms. The number of benzene rings is 2. The maximum atomic E-state index is 12.9. The second kappa shape index (κ2) is 7.25. The minimum absolute atomic E-state index is 0.0542. The standard InChI is InChI=1S/C23H17Cl2NO4/c24-17-2-1-3-18(25)16(17)11-30-23(29)12-6-8-15(9-7-12)26-21(27)19-13-4-5-14(10-13)20(19)22(26)28/h1-9,13-14,19-20H,10-11H2/t13-,14+,19-,20-/m0/s1. The summed E-state index contributed by atoms with van der Waals surface area (Å²) in [5.41, 5.74) is 1.32. The van der Waals surface area contributed by atoms with Gasteiger partial charge in [-0.05, 0) is 54.7 Å². The number of hydrogen-bond acceptors (Lipinski definition) is 4. The first-order chi connectivity index (χ1) is 14.5. The molecular formula is C23H17Cl2NO4. The first-order valence-corrected chi connectivity index (χ1v) is 10.5. The van der Waals surface area contributed by atoms with Gasteiger partial charge in [-0.1, -0.05) is 41.4 Å². The summed E-state index contributed by atoms with van der Waals surface area (Å²) in [6.45, 7) is -0.0542. The highest BCUT2D eigenvalue weighted by Crippen LogP contribution is 2.53. The highest BCUT2D eigenvalue weighted by molar-refractivity contribution is 6.36. The van der Waals surface area contributed by atoms with Gasteiger partial charge in [0.1, 0.15) is 6.61 Å². The van der Waals surface area contributed by atoms with E-state index in [1.54, 1.807) is 42.5 Å². The van der Waals surface area contributed by atoms with Crippen LogP contribution in [0, 0.1) is 23.7 Å². The quantitative estimate of drug-likeness (QED) is 0.393. The summed E-state index contributed by atoms with van der Waals surface area (Å²) in [5.74, 6) is -1.03. The van der Waals surface area contributed by atoms with Crippen LogP contribution in [0.1, 0.15) is 22.3 Å². The van der Waals surface area contributed by atoms with Gasteiger partial charge in [-0.2, -0.15) is 0 Å². The number of carbonyl (C=O) groups is 3. The van der Waals surface area contributed by atoms with Gasteiger partial charge in [-0.25, -0.2) is 4.79 Å². The van der Waals surface area contributed by atoms with Crippen LogP contribution in [-0.4, -0.2) is 17.8 Å². The number of rotatable bonds is 4. The van der Waals surface area contributed by atoms with Gasteiger partial charge in [0.25, 0.3) is 0 Å². The van der Waals surface area contributed by atoms with Crippen LogP contribution < -0.4 is 4.90 Å². The van der Waals surface area contributed by atoms with Gasteiger partial charge < -0.3 is 4.74 Å². The Morgan fingerprint density at radius 1 is 0.933 bits per heavy atom. The Hall–Kier alpha value is -2.63. The molecule has 4 atom stereocenters. The number of fused-ring (bicyclic) bond motifs is 5. The fourth-order valence-corrected chi connectivity index (χ4v) is 5.30. The average molecular weight is 442 g/mol. The second-order valence-electron chi connectivity index (χ2n) is 7.83. The molecule has 2 fully saturated rings. The molecule has 1 heterocycles. The molecule has 2 bridgehead atoms. The van der Waals surface area contributed by atoms with Gasteiger partial charge in [0.05, 0.1) is 23.1 Å². The van der Waals surface area contributed by atoms with Crippen molar-refractivity contribution in [3.63, 3.8) is 0 Å². The zero-order valence-electron chi connectivity index (χ0n) is 15.8. The largest absolute Gasteiger partial charge is 0.457 e. The lowest BCUT2D eigenvalue weighted by atomic mass is 9.85. The van der Waals surface area contributed by atoms with Crippen molar-refractivity contribution >= 4 is 46.7 Å². The number of hydrogen-bond donors (Lipinski definition) is 0. The van der Waals surface area contributed by atoms with Crippen molar-refractivity contribution in [2.45, 2.75) is 13.0 Å². The second-order valence-corrected chi connectivity index (χ2v) is 8.65. The summed E-state index contributed by atoms with van der Waals surface area (Å²) in [6.07, 6.45) is 5.01. The molecule has 0 N–H and O–H groups in total. The lowest BCUT2D eigenvalue weighted by Gasteiger charge is -2.17. The maximum absolute atomic E-state index is 12.9. The van der Waals surface area contributed by atoms with E-state index in [9.17, 15) is 14.4 Å². The Bertz CT molecular complexity index is 1040. The van der Waals surface area contributed by atoms with Crippen molar-refractivity contribution in [3.8, 4) is 0 Å². The Kier molecular flexibility index (Phi) is 4.68. The molecule has 5 nitrogen and oxygen atoms in total. The van der Waals surface area contributed by atoms with E-state index in [2.05, 4.69) is 12.2 Å². The van der Waals surface area contributed by atoms with Gasteiger partial charge in [-0.3, -0.25) is 14.5 Å². The van der Waals surface area contributed by atoms with Crippen LogP contribution in [0.2, 0.25) is 10.0 Å². The Morgan fingerprint density at radius 2 is 1.50 bits per heavy atom. The molecule has 0 unspecified atom stereocenters. The van der Waals surface area contributed by atoms with Crippen LogP contribution in [0.5, 0.6) is 0 Å². The minimum Gasteiger partial charge on any atom is -0.457 e. The predicted molar refractivity (Wildman–Crippen MR) is 112 cm³/mol. The van der Waals surface area contributed by atoms with Crippen molar-refractivity contribution in [1.82, 2.24) is 0 Å². The van der Waals surface area contributed by atoms with Crippen molar-refractivity contribution in [1.29, 1.82) is 0 Å². The third-order valence-corrected chi connectivity index (χ3v) is 6.95. The molecule has 0 aromatic heterocycles. The van der Waals surface area contributed by atoms with E-state index in [-0.39, 0.29) is 42.1 Å². The van der Waals surface area contributed by atoms with E-state index in [4.69, 9.17) is 27.9 Å². The van der Waals surface area contributed by atoms with E-state index < -0.39 is 5.97 Å². The van der Waals surface area contributed by atoms with E-state index in [1.165, 1.54) is 4.90 Å². The fraction of sp³-hybridized carbons (Fsp3) is 0.261. The van der Waals surface area contributed by atoms with Crippen LogP contribution in [-0.2, 0) is 20.9 Å². The lowest BCUT2D eigenvalue weighted by molar-refractivity contribution is -0.123. The molecule has 152 valence electrons. The van der Waals surface area contributed by atoms with Crippen molar-refractivity contribution in [3.05, 3.63) is 75.8 Å². The number of nitrogens with zero attached hydrogens (tertiary/aromatic N) is 1. The molecule has 7 heteroatoms. The molecule has 3 aliphatic rings. The number of esters is 1. The molecule has 1 aliphatic heterocycles. The van der Waals surface area contributed by atoms with Crippen LogP contribution in [0.25, 0.3) is 0 Å². The molecule has 1 saturated heterocycles. The number of amides is 2. The van der Waals surface area contributed by atoms with E-state index >= 15 is 0 Å². The zero-order valence-corrected chi connectivity index (χ0v) is 17.3. The van der Waals surface area contributed by atoms with Crippen molar-refractivity contribution in [2.75, 3.05) is 4.90 Å². The van der Waals surface area contributed by atoms with Crippen LogP contribution in [0.3, 0.4) is 0 Å². The summed E-state index contributed by atoms with van der Waals surface area (Å²) in [4.78, 5) is 39.4. The molecule has 2 amide bonds. The third kappa shape index (κ3) is 2.96. The van der Waals surface area contributed by atoms with Gasteiger partial charge in [0, 0.05) is 15.6 Å². The smallest absolute Gasteiger partial charge is 0.338 e. The number of anilines is 1. The number of ether oxygens (including phenoxy) is 1. The highest BCUT2D eigenvalue weighted by atomic mass is 35.5. The average Bonchev–Trinajstić information content (AvgIpc) is 3.41. The Balaban J connectivity index is 1.30. The Morgan fingerprint density at radius 3 is 2.07 bits per heavy atom. The maximum Gasteiger partial charge on any atom is 0.338 e. The van der Waals surface area contributed by atoms with E-state index in [0.717, 1.165) is 6.42 Å². The first-order valence-electron chi connectivity index (χ1n) is 9.72. The number of halogens is 2. The van der Waals surface area contributed by atoms with Crippen LogP contribution in [0.15, 0.2) is 54.6 Å². The van der Waals surface area contributed by atoms with Gasteiger partial charge >= 0.3 is 5.97 Å². The monoisotopic (exact) mass is 441 g/mol. The van der Waals surface area contributed by atoms with Gasteiger partial charge in [0.15, 0.2) is 0 Å². The van der Waals surface area contributed by atoms with E-state index in [1.807, 2.05) is 0 Å². The van der Waals surface area contributed by atoms with Gasteiger partial charge in [-0.15, -0.1) is 0 Å². The molecule has 5 rings (SSSR count). The SMILES string of the molecule is O=C(OCc1c(Cl)cccc1Cl)c1ccc(N2C(=O)[C@@H]3[C@@H](C2=O)[C@H]2C=C[C@@H]3C2)cc1. The number of carbonyl (C=O) groups excluding carboxylic acids is 3.